The van der Waals surface area contributed by atoms with Gasteiger partial charge in [-0.2, -0.15) is 0 Å². The van der Waals surface area contributed by atoms with Crippen LogP contribution < -0.4 is 0 Å². The van der Waals surface area contributed by atoms with Crippen molar-refractivity contribution < 1.29 is 67.0 Å². The van der Waals surface area contributed by atoms with Gasteiger partial charge in [-0.05, 0) is 5.53 Å². The molecular weight excluding hydrogens is 518 g/mol. The number of ether oxygens (including phenoxy) is 8. The maximum absolute atomic E-state index is 11.9. The molecule has 1 heterocycles. The fraction of sp³-hybridized carbons (Fsp3) is 0.762. The maximum atomic E-state index is 11.9. The second-order valence-corrected chi connectivity index (χ2v) is 7.67. The van der Waals surface area contributed by atoms with E-state index in [-0.39, 0.29) is 26.4 Å². The molecular formula is C21H31N3O14. The lowest BCUT2D eigenvalue weighted by Gasteiger charge is -2.44. The zero-order chi connectivity index (χ0) is 28.7. The molecule has 0 spiro atoms. The average molecular weight is 549 g/mol. The van der Waals surface area contributed by atoms with Crippen molar-refractivity contribution in [2.75, 3.05) is 33.0 Å². The van der Waals surface area contributed by atoms with E-state index in [2.05, 4.69) is 10.0 Å². The summed E-state index contributed by atoms with van der Waals surface area (Å²) in [6.07, 6.45) is -9.50. The maximum Gasteiger partial charge on any atom is 0.308 e. The predicted octanol–water partition coefficient (Wildman–Crippen LogP) is 0.230. The molecule has 0 aliphatic carbocycles. The molecule has 17 heteroatoms. The van der Waals surface area contributed by atoms with Crippen LogP contribution in [0.2, 0.25) is 0 Å². The highest BCUT2D eigenvalue weighted by atomic mass is 16.8. The number of aliphatic carboxylic acids is 1. The highest BCUT2D eigenvalue weighted by molar-refractivity contribution is 5.69. The minimum atomic E-state index is -1.62. The molecule has 0 aromatic carbocycles. The van der Waals surface area contributed by atoms with Crippen LogP contribution in [0.5, 0.6) is 0 Å². The molecule has 1 saturated heterocycles. The van der Waals surface area contributed by atoms with Crippen molar-refractivity contribution in [3.05, 3.63) is 10.4 Å². The third kappa shape index (κ3) is 12.6. The zero-order valence-corrected chi connectivity index (χ0v) is 21.3. The Balaban J connectivity index is 3.21. The van der Waals surface area contributed by atoms with Crippen molar-refractivity contribution in [3.63, 3.8) is 0 Å². The molecule has 1 fully saturated rings. The highest BCUT2D eigenvalue weighted by Gasteiger charge is 2.53. The van der Waals surface area contributed by atoms with E-state index in [1.807, 2.05) is 0 Å². The lowest BCUT2D eigenvalue weighted by atomic mass is 9.98. The van der Waals surface area contributed by atoms with Crippen LogP contribution in [-0.2, 0) is 61.9 Å². The Bertz CT molecular complexity index is 877. The first-order valence-corrected chi connectivity index (χ1v) is 11.3. The molecule has 0 saturated carbocycles. The summed E-state index contributed by atoms with van der Waals surface area (Å²) in [7, 11) is 0. The second-order valence-electron chi connectivity index (χ2n) is 7.67. The van der Waals surface area contributed by atoms with E-state index in [0.29, 0.717) is 0 Å². The summed E-state index contributed by atoms with van der Waals surface area (Å²) < 4.78 is 42.8. The van der Waals surface area contributed by atoms with Gasteiger partial charge in [0.05, 0.1) is 26.2 Å². The average Bonchev–Trinajstić information content (AvgIpc) is 2.79. The van der Waals surface area contributed by atoms with Crippen molar-refractivity contribution in [1.82, 2.24) is 0 Å². The molecule has 0 aromatic heterocycles. The quantitative estimate of drug-likeness (QED) is 0.0517. The van der Waals surface area contributed by atoms with Crippen molar-refractivity contribution in [2.24, 2.45) is 5.11 Å². The number of rotatable bonds is 16. The van der Waals surface area contributed by atoms with E-state index < -0.39 is 79.9 Å². The first-order chi connectivity index (χ1) is 17.9. The Morgan fingerprint density at radius 2 is 1.50 bits per heavy atom. The molecule has 1 rings (SSSR count). The van der Waals surface area contributed by atoms with Gasteiger partial charge < -0.3 is 43.0 Å². The summed E-state index contributed by atoms with van der Waals surface area (Å²) >= 11 is 0. The molecule has 214 valence electrons. The number of nitrogens with zero attached hydrogens (tertiary/aromatic N) is 3. The lowest BCUT2D eigenvalue weighted by Crippen LogP contribution is -2.63. The van der Waals surface area contributed by atoms with Gasteiger partial charge in [-0.1, -0.05) is 5.11 Å². The van der Waals surface area contributed by atoms with Crippen LogP contribution >= 0.6 is 0 Å². The predicted molar refractivity (Wildman–Crippen MR) is 120 cm³/mol. The van der Waals surface area contributed by atoms with Gasteiger partial charge in [0, 0.05) is 39.2 Å². The van der Waals surface area contributed by atoms with Crippen LogP contribution in [0.4, 0.5) is 0 Å². The Morgan fingerprint density at radius 1 is 0.895 bits per heavy atom. The van der Waals surface area contributed by atoms with Crippen LogP contribution in [0, 0.1) is 0 Å². The number of carbonyl (C=O) groups is 5. The summed E-state index contributed by atoms with van der Waals surface area (Å²) in [5, 5.41) is 12.6. The van der Waals surface area contributed by atoms with Gasteiger partial charge in [0.1, 0.15) is 12.7 Å². The van der Waals surface area contributed by atoms with E-state index in [4.69, 9.17) is 43.4 Å². The molecule has 1 N–H and O–H groups in total. The summed E-state index contributed by atoms with van der Waals surface area (Å²) in [4.78, 5) is 60.9. The van der Waals surface area contributed by atoms with Crippen molar-refractivity contribution >= 4 is 29.8 Å². The van der Waals surface area contributed by atoms with Crippen LogP contribution in [0.3, 0.4) is 0 Å². The molecule has 1 aliphatic heterocycles. The van der Waals surface area contributed by atoms with Crippen molar-refractivity contribution in [1.29, 1.82) is 0 Å². The van der Waals surface area contributed by atoms with Gasteiger partial charge in [0.2, 0.25) is 6.29 Å². The van der Waals surface area contributed by atoms with Crippen LogP contribution in [0.15, 0.2) is 5.11 Å². The molecule has 0 radical (unpaired) electrons. The summed E-state index contributed by atoms with van der Waals surface area (Å²) in [5.41, 5.74) is 8.25. The lowest BCUT2D eigenvalue weighted by molar-refractivity contribution is -0.340. The third-order valence-electron chi connectivity index (χ3n) is 4.51. The number of carboxylic acids is 1. The molecule has 1 aliphatic rings. The fourth-order valence-corrected chi connectivity index (χ4v) is 3.23. The van der Waals surface area contributed by atoms with Crippen LogP contribution in [0.1, 0.15) is 34.1 Å². The molecule has 0 amide bonds. The Hall–Kier alpha value is -3.50. The fourth-order valence-electron chi connectivity index (χ4n) is 3.23. The smallest absolute Gasteiger partial charge is 0.308 e. The van der Waals surface area contributed by atoms with E-state index in [1.54, 1.807) is 0 Å². The standard InChI is InChI=1S/C21H31N3O14/c1-11(25)33-10-15-18(34-12(2)26)19(35-13(3)27)20(36-14(4)28)21(37-15)38-17(9-16(29)30)32-8-7-31-6-5-23-24-22/h15,17-21H,5-10H2,1-4H3,(H,29,30)/t15-,17?,18-,19+,20-,21+/m1/s1. The number of carboxylic acid groups (broad SMARTS) is 1. The first kappa shape index (κ1) is 32.5. The summed E-state index contributed by atoms with van der Waals surface area (Å²) in [6.45, 7) is 3.82. The molecule has 38 heavy (non-hydrogen) atoms. The monoisotopic (exact) mass is 549 g/mol. The number of esters is 4. The molecule has 17 nitrogen and oxygen atoms in total. The molecule has 6 atom stereocenters. The molecule has 0 aromatic rings. The number of hydrogen-bond acceptors (Lipinski definition) is 14. The van der Waals surface area contributed by atoms with Gasteiger partial charge >= 0.3 is 29.8 Å². The van der Waals surface area contributed by atoms with E-state index >= 15 is 0 Å². The van der Waals surface area contributed by atoms with Crippen molar-refractivity contribution in [2.45, 2.75) is 71.1 Å². The zero-order valence-electron chi connectivity index (χ0n) is 21.3. The number of carbonyl (C=O) groups excluding carboxylic acids is 4. The van der Waals surface area contributed by atoms with Crippen LogP contribution in [0.25, 0.3) is 10.4 Å². The topological polar surface area (TPSA) is 228 Å². The minimum absolute atomic E-state index is 0.0149. The summed E-state index contributed by atoms with van der Waals surface area (Å²) in [5.74, 6) is -4.52. The minimum Gasteiger partial charge on any atom is -0.481 e. The van der Waals surface area contributed by atoms with E-state index in [1.165, 1.54) is 0 Å². The van der Waals surface area contributed by atoms with Crippen molar-refractivity contribution in [3.8, 4) is 0 Å². The number of azide groups is 1. The first-order valence-electron chi connectivity index (χ1n) is 11.3. The van der Waals surface area contributed by atoms with Gasteiger partial charge in [0.15, 0.2) is 24.6 Å². The largest absolute Gasteiger partial charge is 0.481 e. The van der Waals surface area contributed by atoms with Crippen LogP contribution in [-0.4, -0.2) is 105 Å². The van der Waals surface area contributed by atoms with Gasteiger partial charge in [-0.3, -0.25) is 24.0 Å². The third-order valence-corrected chi connectivity index (χ3v) is 4.51. The van der Waals surface area contributed by atoms with E-state index in [0.717, 1.165) is 27.7 Å². The van der Waals surface area contributed by atoms with E-state index in [9.17, 15) is 29.1 Å². The van der Waals surface area contributed by atoms with Gasteiger partial charge in [-0.25, -0.2) is 0 Å². The molecule has 1 unspecified atom stereocenters. The second kappa shape index (κ2) is 17.1. The summed E-state index contributed by atoms with van der Waals surface area (Å²) in [6, 6.07) is 0. The Labute approximate surface area is 217 Å². The Kier molecular flexibility index (Phi) is 14.6. The Morgan fingerprint density at radius 3 is 2.05 bits per heavy atom. The van der Waals surface area contributed by atoms with Gasteiger partial charge in [0.25, 0.3) is 0 Å². The molecule has 0 bridgehead atoms. The van der Waals surface area contributed by atoms with Gasteiger partial charge in [-0.15, -0.1) is 0 Å². The normalized spacial score (nSPS) is 23.3. The highest BCUT2D eigenvalue weighted by Crippen LogP contribution is 2.31. The SMILES string of the molecule is CC(=O)OC[C@H]1O[C@@H](OC(CC(=O)O)OCCOCCN=[N+]=[N-])[C@H](OC(C)=O)[C@@H](OC(C)=O)[C@@H]1OC(C)=O. The number of hydrogen-bond donors (Lipinski definition) is 1.